The van der Waals surface area contributed by atoms with E-state index in [1.54, 1.807) is 36.8 Å². The number of aromatic nitrogens is 4. The number of benzene rings is 1. The molecule has 8 heteroatoms. The minimum absolute atomic E-state index is 0.302. The Kier molecular flexibility index (Phi) is 4.55. The smallest absolute Gasteiger partial charge is 0.329 e. The van der Waals surface area contributed by atoms with Gasteiger partial charge in [-0.05, 0) is 18.6 Å². The van der Waals surface area contributed by atoms with Crippen molar-refractivity contribution in [2.45, 2.75) is 19.5 Å². The van der Waals surface area contributed by atoms with E-state index in [-0.39, 0.29) is 12.5 Å². The Bertz CT molecular complexity index is 956. The van der Waals surface area contributed by atoms with Gasteiger partial charge in [-0.3, -0.25) is 14.2 Å². The van der Waals surface area contributed by atoms with Gasteiger partial charge in [0.15, 0.2) is 0 Å². The molecular weight excluding hydrogens is 310 g/mol. The summed E-state index contributed by atoms with van der Waals surface area (Å²) in [6.07, 6.45) is 5.97. The largest absolute Gasteiger partial charge is 0.354 e. The predicted molar refractivity (Wildman–Crippen MR) is 88.7 cm³/mol. The third-order valence-corrected chi connectivity index (χ3v) is 3.67. The van der Waals surface area contributed by atoms with Gasteiger partial charge in [-0.25, -0.2) is 9.78 Å². The first-order valence-corrected chi connectivity index (χ1v) is 7.59. The van der Waals surface area contributed by atoms with Gasteiger partial charge in [-0.15, -0.1) is 0 Å². The number of aromatic amines is 1. The summed E-state index contributed by atoms with van der Waals surface area (Å²) in [5.41, 5.74) is -0.598. The van der Waals surface area contributed by atoms with Crippen molar-refractivity contribution in [3.05, 3.63) is 63.8 Å². The minimum atomic E-state index is -0.590. The molecule has 2 heterocycles. The zero-order chi connectivity index (χ0) is 16.9. The summed E-state index contributed by atoms with van der Waals surface area (Å²) in [6.45, 7) is 0.887. The van der Waals surface area contributed by atoms with Crippen LogP contribution < -0.4 is 16.6 Å². The van der Waals surface area contributed by atoms with Crippen LogP contribution in [0.3, 0.4) is 0 Å². The number of carbonyl (C=O) groups excluding carboxylic acids is 1. The van der Waals surface area contributed by atoms with Crippen molar-refractivity contribution >= 4 is 16.8 Å². The van der Waals surface area contributed by atoms with Crippen molar-refractivity contribution in [1.82, 2.24) is 24.4 Å². The summed E-state index contributed by atoms with van der Waals surface area (Å²) in [7, 11) is 0. The van der Waals surface area contributed by atoms with Crippen LogP contribution in [-0.4, -0.2) is 31.6 Å². The van der Waals surface area contributed by atoms with E-state index in [0.717, 1.165) is 17.5 Å². The maximum absolute atomic E-state index is 12.3. The maximum Gasteiger partial charge on any atom is 0.329 e. The minimum Gasteiger partial charge on any atom is -0.354 e. The third-order valence-electron chi connectivity index (χ3n) is 3.67. The van der Waals surface area contributed by atoms with Crippen LogP contribution in [0.5, 0.6) is 0 Å². The van der Waals surface area contributed by atoms with Crippen LogP contribution in [0, 0.1) is 0 Å². The molecule has 1 amide bonds. The first-order chi connectivity index (χ1) is 11.6. The number of carbonyl (C=O) groups is 1. The van der Waals surface area contributed by atoms with Gasteiger partial charge in [0.25, 0.3) is 5.56 Å². The molecular formula is C16H17N5O3. The second kappa shape index (κ2) is 6.95. The Morgan fingerprint density at radius 2 is 2.08 bits per heavy atom. The summed E-state index contributed by atoms with van der Waals surface area (Å²) < 4.78 is 2.82. The van der Waals surface area contributed by atoms with Crippen molar-refractivity contribution < 1.29 is 4.79 Å². The Labute approximate surface area is 136 Å². The van der Waals surface area contributed by atoms with Gasteiger partial charge in [0, 0.05) is 25.5 Å². The van der Waals surface area contributed by atoms with Gasteiger partial charge in [0.2, 0.25) is 5.91 Å². The molecule has 0 atom stereocenters. The molecule has 1 aromatic carbocycles. The fourth-order valence-corrected chi connectivity index (χ4v) is 2.45. The zero-order valence-corrected chi connectivity index (χ0v) is 12.9. The Hall–Kier alpha value is -3.16. The number of amides is 1. The van der Waals surface area contributed by atoms with Gasteiger partial charge >= 0.3 is 5.69 Å². The number of rotatable bonds is 6. The maximum atomic E-state index is 12.3. The molecule has 124 valence electrons. The number of nitrogens with zero attached hydrogens (tertiary/aromatic N) is 3. The Morgan fingerprint density at radius 3 is 2.88 bits per heavy atom. The first kappa shape index (κ1) is 15.7. The summed E-state index contributed by atoms with van der Waals surface area (Å²) >= 11 is 0. The van der Waals surface area contributed by atoms with Crippen LogP contribution in [0.4, 0.5) is 0 Å². The highest BCUT2D eigenvalue weighted by molar-refractivity contribution is 5.78. The van der Waals surface area contributed by atoms with Gasteiger partial charge < -0.3 is 14.9 Å². The van der Waals surface area contributed by atoms with E-state index in [0.29, 0.717) is 17.4 Å². The highest BCUT2D eigenvalue weighted by Crippen LogP contribution is 2.02. The first-order valence-electron chi connectivity index (χ1n) is 7.59. The van der Waals surface area contributed by atoms with Crippen LogP contribution in [-0.2, 0) is 17.9 Å². The van der Waals surface area contributed by atoms with Gasteiger partial charge in [-0.1, -0.05) is 12.1 Å². The lowest BCUT2D eigenvalue weighted by Gasteiger charge is -2.08. The van der Waals surface area contributed by atoms with Crippen molar-refractivity contribution in [2.24, 2.45) is 0 Å². The van der Waals surface area contributed by atoms with Crippen molar-refractivity contribution in [2.75, 3.05) is 6.54 Å². The third kappa shape index (κ3) is 3.43. The molecule has 2 N–H and O–H groups in total. The number of para-hydroxylation sites is 1. The molecule has 0 aliphatic heterocycles. The second-order valence-electron chi connectivity index (χ2n) is 5.37. The number of hydrogen-bond acceptors (Lipinski definition) is 4. The van der Waals surface area contributed by atoms with E-state index in [1.165, 1.54) is 0 Å². The van der Waals surface area contributed by atoms with Gasteiger partial charge in [0.1, 0.15) is 6.54 Å². The van der Waals surface area contributed by atoms with Crippen LogP contribution in [0.1, 0.15) is 6.42 Å². The van der Waals surface area contributed by atoms with Gasteiger partial charge in [0.05, 0.1) is 17.2 Å². The van der Waals surface area contributed by atoms with Crippen LogP contribution in [0.15, 0.2) is 52.6 Å². The number of hydrogen-bond donors (Lipinski definition) is 2. The lowest BCUT2D eigenvalue weighted by molar-refractivity contribution is -0.121. The van der Waals surface area contributed by atoms with Crippen LogP contribution >= 0.6 is 0 Å². The van der Waals surface area contributed by atoms with Gasteiger partial charge in [-0.2, -0.15) is 0 Å². The topological polar surface area (TPSA) is 102 Å². The molecule has 8 nitrogen and oxygen atoms in total. The average molecular weight is 327 g/mol. The molecule has 0 bridgehead atoms. The summed E-state index contributed by atoms with van der Waals surface area (Å²) in [4.78, 5) is 42.8. The lowest BCUT2D eigenvalue weighted by Crippen LogP contribution is -2.40. The number of fused-ring (bicyclic) bond motifs is 1. The highest BCUT2D eigenvalue weighted by Gasteiger charge is 2.10. The average Bonchev–Trinajstić information content (AvgIpc) is 3.09. The Morgan fingerprint density at radius 1 is 1.25 bits per heavy atom. The van der Waals surface area contributed by atoms with E-state index in [1.807, 2.05) is 10.8 Å². The summed E-state index contributed by atoms with van der Waals surface area (Å²) in [6, 6.07) is 6.71. The monoisotopic (exact) mass is 327 g/mol. The summed E-state index contributed by atoms with van der Waals surface area (Å²) in [5.74, 6) is -0.372. The Balaban J connectivity index is 1.63. The van der Waals surface area contributed by atoms with E-state index >= 15 is 0 Å². The molecule has 0 aliphatic rings. The predicted octanol–water partition coefficient (Wildman–Crippen LogP) is 0.0928. The molecule has 0 aliphatic carbocycles. The standard InChI is InChI=1S/C16H17N5O3/c22-14(18-6-3-8-20-9-7-17-11-20)10-21-15(23)12-4-1-2-5-13(12)19-16(21)24/h1-2,4-5,7,9,11H,3,6,8,10H2,(H,18,22)(H,19,24). The molecule has 3 aromatic rings. The molecule has 0 fully saturated rings. The summed E-state index contributed by atoms with van der Waals surface area (Å²) in [5, 5.41) is 3.09. The SMILES string of the molecule is O=C(Cn1c(=O)[nH]c2ccccc2c1=O)NCCCn1ccnc1. The fourth-order valence-electron chi connectivity index (χ4n) is 2.45. The molecule has 0 radical (unpaired) electrons. The number of imidazole rings is 1. The van der Waals surface area contributed by atoms with Crippen molar-refractivity contribution in [1.29, 1.82) is 0 Å². The van der Waals surface area contributed by atoms with Crippen molar-refractivity contribution in [3.8, 4) is 0 Å². The van der Waals surface area contributed by atoms with E-state index in [2.05, 4.69) is 15.3 Å². The van der Waals surface area contributed by atoms with Crippen LogP contribution in [0.25, 0.3) is 10.9 Å². The molecule has 24 heavy (non-hydrogen) atoms. The fraction of sp³-hybridized carbons (Fsp3) is 0.250. The highest BCUT2D eigenvalue weighted by atomic mass is 16.2. The normalized spacial score (nSPS) is 10.8. The molecule has 0 saturated carbocycles. The lowest BCUT2D eigenvalue weighted by atomic mass is 10.2. The second-order valence-corrected chi connectivity index (χ2v) is 5.37. The molecule has 2 aromatic heterocycles. The quantitative estimate of drug-likeness (QED) is 0.627. The number of nitrogens with one attached hydrogen (secondary N) is 2. The number of H-pyrrole nitrogens is 1. The zero-order valence-electron chi connectivity index (χ0n) is 12.9. The molecule has 3 rings (SSSR count). The molecule has 0 unspecified atom stereocenters. The van der Waals surface area contributed by atoms with E-state index < -0.39 is 11.2 Å². The van der Waals surface area contributed by atoms with Crippen molar-refractivity contribution in [3.63, 3.8) is 0 Å². The number of aryl methyl sites for hydroxylation is 1. The van der Waals surface area contributed by atoms with E-state index in [4.69, 9.17) is 0 Å². The van der Waals surface area contributed by atoms with E-state index in [9.17, 15) is 14.4 Å². The molecule has 0 saturated heterocycles. The van der Waals surface area contributed by atoms with Crippen LogP contribution in [0.2, 0.25) is 0 Å². The molecule has 0 spiro atoms.